The maximum Gasteiger partial charge on any atom is 0.229 e. The Labute approximate surface area is 102 Å². The highest BCUT2D eigenvalue weighted by molar-refractivity contribution is 7.09. The van der Waals surface area contributed by atoms with Gasteiger partial charge in [0.15, 0.2) is 0 Å². The molecule has 0 aliphatic heterocycles. The molecule has 0 saturated carbocycles. The van der Waals surface area contributed by atoms with Crippen LogP contribution in [0.2, 0.25) is 0 Å². The number of benzene rings is 1. The Morgan fingerprint density at radius 3 is 2.71 bits per heavy atom. The number of nitrogens with one attached hydrogen (secondary N) is 1. The molecule has 1 N–H and O–H groups in total. The van der Waals surface area contributed by atoms with Gasteiger partial charge in [0.05, 0.1) is 17.6 Å². The molecule has 0 spiro atoms. The summed E-state index contributed by atoms with van der Waals surface area (Å²) in [4.78, 5) is 16.7. The number of anilines is 1. The van der Waals surface area contributed by atoms with E-state index < -0.39 is 0 Å². The molecule has 1 aromatic carbocycles. The Morgan fingerprint density at radius 2 is 2.12 bits per heavy atom. The molecule has 1 aromatic heterocycles. The van der Waals surface area contributed by atoms with Gasteiger partial charge in [0, 0.05) is 10.6 Å². The summed E-state index contributed by atoms with van der Waals surface area (Å²) in [5.41, 5.74) is 3.19. The second-order valence-electron chi connectivity index (χ2n) is 3.59. The topological polar surface area (TPSA) is 42.0 Å². The fraction of sp³-hybridized carbons (Fsp3) is 0.167. The van der Waals surface area contributed by atoms with Crippen molar-refractivity contribution >= 4 is 22.9 Å². The van der Waals surface area contributed by atoms with Crippen LogP contribution in [0.15, 0.2) is 29.8 Å². The first-order valence-corrected chi connectivity index (χ1v) is 5.97. The molecule has 0 fully saturated rings. The minimum absolute atomic E-state index is 0.121. The number of nitrogens with zero attached hydrogens (tertiary/aromatic N) is 1. The predicted octanol–water partition coefficient (Wildman–Crippen LogP) is 2.77. The molecule has 88 valence electrons. The van der Waals surface area contributed by atoms with E-state index >= 15 is 0 Å². The number of hydrogen-bond donors (Lipinski definition) is 1. The molecule has 0 unspecified atom stereocenters. The van der Waals surface area contributed by atoms with Crippen molar-refractivity contribution in [3.05, 3.63) is 46.2 Å². The molecule has 5 heteroatoms. The van der Waals surface area contributed by atoms with Gasteiger partial charge < -0.3 is 5.32 Å². The van der Waals surface area contributed by atoms with Crippen LogP contribution in [-0.2, 0) is 11.2 Å². The monoisotopic (exact) mass is 250 g/mol. The van der Waals surface area contributed by atoms with Crippen LogP contribution in [-0.4, -0.2) is 10.9 Å². The van der Waals surface area contributed by atoms with E-state index in [2.05, 4.69) is 10.3 Å². The highest BCUT2D eigenvalue weighted by atomic mass is 32.1. The van der Waals surface area contributed by atoms with Crippen molar-refractivity contribution in [1.29, 1.82) is 0 Å². The molecule has 0 atom stereocenters. The molecule has 0 bridgehead atoms. The summed E-state index contributed by atoms with van der Waals surface area (Å²) in [5.74, 6) is -0.440. The van der Waals surface area contributed by atoms with Gasteiger partial charge in [0.2, 0.25) is 5.91 Å². The number of carbonyl (C=O) groups excluding carboxylic acids is 1. The maximum absolute atomic E-state index is 12.7. The number of amides is 1. The Kier molecular flexibility index (Phi) is 3.49. The zero-order chi connectivity index (χ0) is 12.3. The Bertz CT molecular complexity index is 522. The van der Waals surface area contributed by atoms with Crippen LogP contribution in [0.5, 0.6) is 0 Å². The van der Waals surface area contributed by atoms with Crippen LogP contribution >= 0.6 is 11.3 Å². The van der Waals surface area contributed by atoms with Crippen LogP contribution in [0.25, 0.3) is 0 Å². The number of thiazole rings is 1. The van der Waals surface area contributed by atoms with E-state index in [1.807, 2.05) is 6.92 Å². The number of rotatable bonds is 3. The minimum atomic E-state index is -0.318. The number of hydrogen-bond acceptors (Lipinski definition) is 3. The molecular formula is C12H11FN2OS. The first-order chi connectivity index (χ1) is 8.15. The zero-order valence-electron chi connectivity index (χ0n) is 9.24. The second-order valence-corrected chi connectivity index (χ2v) is 4.53. The first kappa shape index (κ1) is 11.7. The van der Waals surface area contributed by atoms with Crippen LogP contribution in [0, 0.1) is 12.7 Å². The minimum Gasteiger partial charge on any atom is -0.326 e. The standard InChI is InChI=1S/C12H11FN2OS/c1-8-11(17-7-14-8)6-12(16)15-10-4-2-9(13)3-5-10/h2-5,7H,6H2,1H3,(H,15,16). The quantitative estimate of drug-likeness (QED) is 0.910. The zero-order valence-corrected chi connectivity index (χ0v) is 10.1. The van der Waals surface area contributed by atoms with Gasteiger partial charge >= 0.3 is 0 Å². The fourth-order valence-electron chi connectivity index (χ4n) is 1.38. The van der Waals surface area contributed by atoms with E-state index in [-0.39, 0.29) is 11.7 Å². The summed E-state index contributed by atoms with van der Waals surface area (Å²) in [6.45, 7) is 1.87. The molecular weight excluding hydrogens is 239 g/mol. The Morgan fingerprint density at radius 1 is 1.41 bits per heavy atom. The number of aryl methyl sites for hydroxylation is 1. The number of halogens is 1. The van der Waals surface area contributed by atoms with E-state index in [0.717, 1.165) is 10.6 Å². The van der Waals surface area contributed by atoms with Crippen LogP contribution in [0.4, 0.5) is 10.1 Å². The smallest absolute Gasteiger partial charge is 0.229 e. The van der Waals surface area contributed by atoms with Crippen molar-refractivity contribution in [2.45, 2.75) is 13.3 Å². The highest BCUT2D eigenvalue weighted by Gasteiger charge is 2.08. The summed E-state index contributed by atoms with van der Waals surface area (Å²) in [6, 6.07) is 5.70. The van der Waals surface area contributed by atoms with E-state index in [9.17, 15) is 9.18 Å². The summed E-state index contributed by atoms with van der Waals surface area (Å²) in [5, 5.41) is 2.71. The van der Waals surface area contributed by atoms with Crippen molar-refractivity contribution in [2.75, 3.05) is 5.32 Å². The summed E-state index contributed by atoms with van der Waals surface area (Å²) < 4.78 is 12.7. The highest BCUT2D eigenvalue weighted by Crippen LogP contribution is 2.14. The molecule has 2 aromatic rings. The van der Waals surface area contributed by atoms with Crippen molar-refractivity contribution in [2.24, 2.45) is 0 Å². The lowest BCUT2D eigenvalue weighted by Gasteiger charge is -2.04. The maximum atomic E-state index is 12.7. The van der Waals surface area contributed by atoms with E-state index in [1.165, 1.54) is 35.6 Å². The molecule has 1 amide bonds. The molecule has 0 saturated heterocycles. The van der Waals surface area contributed by atoms with Gasteiger partial charge in [-0.3, -0.25) is 4.79 Å². The van der Waals surface area contributed by atoms with Gasteiger partial charge in [-0.05, 0) is 31.2 Å². The SMILES string of the molecule is Cc1ncsc1CC(=O)Nc1ccc(F)cc1. The van der Waals surface area contributed by atoms with E-state index in [0.29, 0.717) is 12.1 Å². The Balaban J connectivity index is 1.98. The molecule has 17 heavy (non-hydrogen) atoms. The lowest BCUT2D eigenvalue weighted by atomic mass is 10.2. The third-order valence-corrected chi connectivity index (χ3v) is 3.23. The first-order valence-electron chi connectivity index (χ1n) is 5.09. The molecule has 1 heterocycles. The van der Waals surface area contributed by atoms with E-state index in [4.69, 9.17) is 0 Å². The lowest BCUT2D eigenvalue weighted by molar-refractivity contribution is -0.115. The van der Waals surface area contributed by atoms with Gasteiger partial charge in [-0.25, -0.2) is 9.37 Å². The van der Waals surface area contributed by atoms with Crippen LogP contribution < -0.4 is 5.32 Å². The fourth-order valence-corrected chi connectivity index (χ4v) is 2.16. The second kappa shape index (κ2) is 5.05. The molecule has 3 nitrogen and oxygen atoms in total. The summed E-state index contributed by atoms with van der Waals surface area (Å²) in [6.07, 6.45) is 0.299. The van der Waals surface area contributed by atoms with Crippen molar-refractivity contribution in [1.82, 2.24) is 4.98 Å². The molecule has 0 radical (unpaired) electrons. The number of aromatic nitrogens is 1. The predicted molar refractivity (Wildman–Crippen MR) is 65.6 cm³/mol. The lowest BCUT2D eigenvalue weighted by Crippen LogP contribution is -2.14. The molecule has 2 rings (SSSR count). The Hall–Kier alpha value is -1.75. The molecule has 0 aliphatic rings. The normalized spacial score (nSPS) is 10.2. The van der Waals surface area contributed by atoms with Crippen molar-refractivity contribution < 1.29 is 9.18 Å². The average Bonchev–Trinajstić information content (AvgIpc) is 2.68. The average molecular weight is 250 g/mol. The van der Waals surface area contributed by atoms with Crippen LogP contribution in [0.1, 0.15) is 10.6 Å². The summed E-state index contributed by atoms with van der Waals surface area (Å²) in [7, 11) is 0. The van der Waals surface area contributed by atoms with Gasteiger partial charge in [-0.2, -0.15) is 0 Å². The van der Waals surface area contributed by atoms with Gasteiger partial charge in [0.25, 0.3) is 0 Å². The van der Waals surface area contributed by atoms with E-state index in [1.54, 1.807) is 5.51 Å². The van der Waals surface area contributed by atoms with Gasteiger partial charge in [-0.15, -0.1) is 11.3 Å². The van der Waals surface area contributed by atoms with Crippen LogP contribution in [0.3, 0.4) is 0 Å². The number of carbonyl (C=O) groups is 1. The van der Waals surface area contributed by atoms with Crippen molar-refractivity contribution in [3.8, 4) is 0 Å². The van der Waals surface area contributed by atoms with Gasteiger partial charge in [0.1, 0.15) is 5.82 Å². The molecule has 0 aliphatic carbocycles. The summed E-state index contributed by atoms with van der Waals surface area (Å²) >= 11 is 1.46. The largest absolute Gasteiger partial charge is 0.326 e. The van der Waals surface area contributed by atoms with Crippen molar-refractivity contribution in [3.63, 3.8) is 0 Å². The third kappa shape index (κ3) is 3.10. The van der Waals surface area contributed by atoms with Gasteiger partial charge in [-0.1, -0.05) is 0 Å². The third-order valence-electron chi connectivity index (χ3n) is 2.29.